The topological polar surface area (TPSA) is 107 Å². The van der Waals surface area contributed by atoms with Crippen LogP contribution in [0.5, 0.6) is 0 Å². The number of nitrogens with zero attached hydrogens (tertiary/aromatic N) is 3. The molecule has 0 radical (unpaired) electrons. The summed E-state index contributed by atoms with van der Waals surface area (Å²) in [5.41, 5.74) is -0.240. The number of rotatable bonds is 6. The first kappa shape index (κ1) is 15.7. The van der Waals surface area contributed by atoms with E-state index < -0.39 is 10.5 Å². The summed E-state index contributed by atoms with van der Waals surface area (Å²) in [6.07, 6.45) is 5.94. The van der Waals surface area contributed by atoms with Gasteiger partial charge >= 0.3 is 0 Å². The summed E-state index contributed by atoms with van der Waals surface area (Å²) in [6.45, 7) is -0.125. The molecule has 2 fully saturated rings. The van der Waals surface area contributed by atoms with E-state index in [-0.39, 0.29) is 29.6 Å². The van der Waals surface area contributed by atoms with Gasteiger partial charge in [-0.25, -0.2) is 4.98 Å². The average molecular weight is 342 g/mol. The van der Waals surface area contributed by atoms with Crippen LogP contribution in [0.15, 0.2) is 29.3 Å². The smallest absolute Gasteiger partial charge is 0.270 e. The molecule has 1 heterocycles. The van der Waals surface area contributed by atoms with Gasteiger partial charge in [-0.3, -0.25) is 24.3 Å². The Balaban J connectivity index is 1.56. The lowest BCUT2D eigenvalue weighted by atomic mass is 10.1. The lowest BCUT2D eigenvalue weighted by Crippen LogP contribution is -2.41. The van der Waals surface area contributed by atoms with Crippen LogP contribution in [0.4, 0.5) is 5.69 Å². The average Bonchev–Trinajstić information content (AvgIpc) is 3.47. The van der Waals surface area contributed by atoms with Crippen LogP contribution >= 0.6 is 0 Å². The molecular formula is C17H18N4O4. The Hall–Kier alpha value is -2.77. The first-order valence-corrected chi connectivity index (χ1v) is 8.46. The van der Waals surface area contributed by atoms with E-state index in [1.807, 2.05) is 0 Å². The van der Waals surface area contributed by atoms with Gasteiger partial charge in [-0.2, -0.15) is 0 Å². The standard InChI is InChI=1S/C17H18N4O4/c22-15(19-16(10-1-2-10)11-3-4-11)8-20-9-18-14-6-5-12(21(24)25)7-13(14)17(20)23/h5-7,9-11,16H,1-4,8H2,(H,19,22). The summed E-state index contributed by atoms with van der Waals surface area (Å²) in [7, 11) is 0. The second-order valence-electron chi connectivity index (χ2n) is 6.90. The van der Waals surface area contributed by atoms with Crippen molar-refractivity contribution in [1.82, 2.24) is 14.9 Å². The molecule has 4 rings (SSSR count). The van der Waals surface area contributed by atoms with Crippen LogP contribution in [-0.2, 0) is 11.3 Å². The maximum absolute atomic E-state index is 12.5. The number of aromatic nitrogens is 2. The van der Waals surface area contributed by atoms with Crippen molar-refractivity contribution in [3.8, 4) is 0 Å². The molecule has 25 heavy (non-hydrogen) atoms. The number of carbonyl (C=O) groups excluding carboxylic acids is 1. The van der Waals surface area contributed by atoms with Crippen molar-refractivity contribution < 1.29 is 9.72 Å². The molecule has 0 atom stereocenters. The van der Waals surface area contributed by atoms with Gasteiger partial charge in [0.2, 0.25) is 5.91 Å². The quantitative estimate of drug-likeness (QED) is 0.634. The molecule has 0 aliphatic heterocycles. The minimum Gasteiger partial charge on any atom is -0.351 e. The fraction of sp³-hybridized carbons (Fsp3) is 0.471. The summed E-state index contributed by atoms with van der Waals surface area (Å²) >= 11 is 0. The molecule has 2 aromatic rings. The van der Waals surface area contributed by atoms with Crippen molar-refractivity contribution in [3.05, 3.63) is 45.0 Å². The molecular weight excluding hydrogens is 324 g/mol. The predicted molar refractivity (Wildman–Crippen MR) is 90.0 cm³/mol. The summed E-state index contributed by atoms with van der Waals surface area (Å²) in [5, 5.41) is 14.1. The third-order valence-electron chi connectivity index (χ3n) is 4.92. The highest BCUT2D eigenvalue weighted by atomic mass is 16.6. The number of amides is 1. The molecule has 0 unspecified atom stereocenters. The van der Waals surface area contributed by atoms with E-state index in [0.29, 0.717) is 17.4 Å². The van der Waals surface area contributed by atoms with Crippen molar-refractivity contribution in [3.63, 3.8) is 0 Å². The van der Waals surface area contributed by atoms with Crippen molar-refractivity contribution in [2.45, 2.75) is 38.3 Å². The van der Waals surface area contributed by atoms with Gasteiger partial charge in [-0.15, -0.1) is 0 Å². The Morgan fingerprint density at radius 1 is 1.32 bits per heavy atom. The van der Waals surface area contributed by atoms with Crippen LogP contribution in [0.25, 0.3) is 10.9 Å². The maximum Gasteiger partial charge on any atom is 0.270 e. The minimum absolute atomic E-state index is 0.125. The lowest BCUT2D eigenvalue weighted by Gasteiger charge is -2.18. The number of fused-ring (bicyclic) bond motifs is 1. The van der Waals surface area contributed by atoms with E-state index in [0.717, 1.165) is 25.7 Å². The van der Waals surface area contributed by atoms with Crippen molar-refractivity contribution in [1.29, 1.82) is 0 Å². The van der Waals surface area contributed by atoms with E-state index in [2.05, 4.69) is 10.3 Å². The number of nitro groups is 1. The highest BCUT2D eigenvalue weighted by Crippen LogP contribution is 2.44. The van der Waals surface area contributed by atoms with Crippen molar-refractivity contribution in [2.75, 3.05) is 0 Å². The highest BCUT2D eigenvalue weighted by Gasteiger charge is 2.42. The molecule has 0 saturated heterocycles. The van der Waals surface area contributed by atoms with Crippen LogP contribution < -0.4 is 10.9 Å². The van der Waals surface area contributed by atoms with Gasteiger partial charge < -0.3 is 5.32 Å². The van der Waals surface area contributed by atoms with Crippen LogP contribution in [-0.4, -0.2) is 26.4 Å². The van der Waals surface area contributed by atoms with E-state index >= 15 is 0 Å². The molecule has 1 aromatic carbocycles. The lowest BCUT2D eigenvalue weighted by molar-refractivity contribution is -0.384. The van der Waals surface area contributed by atoms with Crippen LogP contribution in [0.2, 0.25) is 0 Å². The van der Waals surface area contributed by atoms with Crippen LogP contribution in [0.1, 0.15) is 25.7 Å². The normalized spacial score (nSPS) is 17.0. The Bertz CT molecular complexity index is 902. The third kappa shape index (κ3) is 3.24. The van der Waals surface area contributed by atoms with Crippen molar-refractivity contribution >= 4 is 22.5 Å². The van der Waals surface area contributed by atoms with Gasteiger partial charge in [0, 0.05) is 18.2 Å². The fourth-order valence-electron chi connectivity index (χ4n) is 3.29. The first-order valence-electron chi connectivity index (χ1n) is 8.46. The molecule has 0 spiro atoms. The Labute approximate surface area is 143 Å². The molecule has 130 valence electrons. The minimum atomic E-state index is -0.557. The molecule has 2 saturated carbocycles. The Morgan fingerprint density at radius 2 is 2.00 bits per heavy atom. The number of hydrogen-bond donors (Lipinski definition) is 1. The van der Waals surface area contributed by atoms with E-state index in [4.69, 9.17) is 0 Å². The highest BCUT2D eigenvalue weighted by molar-refractivity contribution is 5.81. The molecule has 8 nitrogen and oxygen atoms in total. The fourth-order valence-corrected chi connectivity index (χ4v) is 3.29. The number of nitro benzene ring substituents is 1. The first-order chi connectivity index (χ1) is 12.0. The number of carbonyl (C=O) groups is 1. The maximum atomic E-state index is 12.5. The Kier molecular flexibility index (Phi) is 3.74. The zero-order valence-corrected chi connectivity index (χ0v) is 13.6. The number of hydrogen-bond acceptors (Lipinski definition) is 5. The summed E-state index contributed by atoms with van der Waals surface area (Å²) in [6, 6.07) is 4.17. The third-order valence-corrected chi connectivity index (χ3v) is 4.92. The van der Waals surface area contributed by atoms with E-state index in [9.17, 15) is 19.7 Å². The molecule has 1 N–H and O–H groups in total. The molecule has 1 aromatic heterocycles. The largest absolute Gasteiger partial charge is 0.351 e. The van der Waals surface area contributed by atoms with Crippen molar-refractivity contribution in [2.24, 2.45) is 11.8 Å². The van der Waals surface area contributed by atoms with Gasteiger partial charge in [0.15, 0.2) is 0 Å². The zero-order valence-electron chi connectivity index (χ0n) is 13.6. The summed E-state index contributed by atoms with van der Waals surface area (Å²) in [5.74, 6) is 0.939. The van der Waals surface area contributed by atoms with Gasteiger partial charge in [-0.05, 0) is 43.6 Å². The van der Waals surface area contributed by atoms with E-state index in [1.165, 1.54) is 29.1 Å². The molecule has 2 aliphatic rings. The molecule has 1 amide bonds. The zero-order chi connectivity index (χ0) is 17.6. The Morgan fingerprint density at radius 3 is 2.60 bits per heavy atom. The number of non-ortho nitro benzene ring substituents is 1. The predicted octanol–water partition coefficient (Wildman–Crippen LogP) is 1.61. The second-order valence-corrected chi connectivity index (χ2v) is 6.90. The summed E-state index contributed by atoms with van der Waals surface area (Å²) in [4.78, 5) is 39.3. The second kappa shape index (κ2) is 5.94. The SMILES string of the molecule is O=C(Cn1cnc2ccc([N+](=O)[O-])cc2c1=O)NC(C1CC1)C1CC1. The number of nitrogens with one attached hydrogen (secondary N) is 1. The van der Waals surface area contributed by atoms with Gasteiger partial charge in [0.1, 0.15) is 6.54 Å². The number of benzene rings is 1. The molecule has 0 bridgehead atoms. The molecule has 2 aliphatic carbocycles. The van der Waals surface area contributed by atoms with Crippen LogP contribution in [0, 0.1) is 22.0 Å². The monoisotopic (exact) mass is 342 g/mol. The van der Waals surface area contributed by atoms with Gasteiger partial charge in [0.05, 0.1) is 22.2 Å². The molecule has 8 heteroatoms. The van der Waals surface area contributed by atoms with Gasteiger partial charge in [0.25, 0.3) is 11.2 Å². The summed E-state index contributed by atoms with van der Waals surface area (Å²) < 4.78 is 1.21. The van der Waals surface area contributed by atoms with E-state index in [1.54, 1.807) is 0 Å². The van der Waals surface area contributed by atoms with Crippen LogP contribution in [0.3, 0.4) is 0 Å². The van der Waals surface area contributed by atoms with Gasteiger partial charge in [-0.1, -0.05) is 0 Å².